The van der Waals surface area contributed by atoms with E-state index >= 15 is 0 Å². The molecule has 0 atom stereocenters. The minimum atomic E-state index is 0.377. The normalized spacial score (nSPS) is 10.6. The topological polar surface area (TPSA) is 49.2 Å². The van der Waals surface area contributed by atoms with Gasteiger partial charge in [-0.25, -0.2) is 0 Å². The third-order valence-electron chi connectivity index (χ3n) is 3.56. The van der Waals surface area contributed by atoms with Crippen LogP contribution in [0.2, 0.25) is 0 Å². The monoisotopic (exact) mass is 341 g/mol. The molecule has 0 aliphatic heterocycles. The summed E-state index contributed by atoms with van der Waals surface area (Å²) < 4.78 is 12.9. The van der Waals surface area contributed by atoms with Crippen molar-refractivity contribution in [3.63, 3.8) is 0 Å². The molecule has 0 spiro atoms. The highest BCUT2D eigenvalue weighted by molar-refractivity contribution is 7.98. The first-order chi connectivity index (χ1) is 11.8. The second-order valence-corrected chi connectivity index (χ2v) is 6.14. The van der Waals surface area contributed by atoms with E-state index in [0.29, 0.717) is 6.61 Å². The predicted molar refractivity (Wildman–Crippen MR) is 94.3 cm³/mol. The summed E-state index contributed by atoms with van der Waals surface area (Å²) in [7, 11) is 3.60. The molecule has 0 bridgehead atoms. The summed E-state index contributed by atoms with van der Waals surface area (Å²) in [5.41, 5.74) is 1.27. The van der Waals surface area contributed by atoms with Gasteiger partial charge in [0.25, 0.3) is 0 Å². The van der Waals surface area contributed by atoms with Crippen LogP contribution >= 0.6 is 11.8 Å². The van der Waals surface area contributed by atoms with Crippen molar-refractivity contribution in [3.8, 4) is 11.5 Å². The van der Waals surface area contributed by atoms with Gasteiger partial charge in [0, 0.05) is 12.8 Å². The first kappa shape index (κ1) is 16.4. The van der Waals surface area contributed by atoms with E-state index in [0.717, 1.165) is 28.2 Å². The zero-order valence-electron chi connectivity index (χ0n) is 13.7. The number of ether oxygens (including phenoxy) is 2. The SMILES string of the molecule is COc1ccc(OCc2nnc(SCc3ccccc3)n2C)cc1. The van der Waals surface area contributed by atoms with Crippen LogP contribution < -0.4 is 9.47 Å². The number of aromatic nitrogens is 3. The molecule has 1 heterocycles. The Hall–Kier alpha value is -2.47. The van der Waals surface area contributed by atoms with E-state index in [1.54, 1.807) is 18.9 Å². The molecule has 0 amide bonds. The van der Waals surface area contributed by atoms with Crippen LogP contribution in [-0.4, -0.2) is 21.9 Å². The van der Waals surface area contributed by atoms with Crippen LogP contribution in [0.4, 0.5) is 0 Å². The van der Waals surface area contributed by atoms with Gasteiger partial charge >= 0.3 is 0 Å². The standard InChI is InChI=1S/C18H19N3O2S/c1-21-17(12-23-16-10-8-15(22-2)9-11-16)19-20-18(21)24-13-14-6-4-3-5-7-14/h3-11H,12-13H2,1-2H3. The molecule has 0 aliphatic carbocycles. The summed E-state index contributed by atoms with van der Waals surface area (Å²) in [6.45, 7) is 0.377. The average molecular weight is 341 g/mol. The number of methoxy groups -OCH3 is 1. The van der Waals surface area contributed by atoms with Crippen molar-refractivity contribution in [2.75, 3.05) is 7.11 Å². The molecule has 0 saturated carbocycles. The van der Waals surface area contributed by atoms with Crippen molar-refractivity contribution in [2.24, 2.45) is 7.05 Å². The van der Waals surface area contributed by atoms with Crippen molar-refractivity contribution in [3.05, 3.63) is 66.0 Å². The Morgan fingerprint density at radius 1 is 0.958 bits per heavy atom. The van der Waals surface area contributed by atoms with Crippen molar-refractivity contribution < 1.29 is 9.47 Å². The van der Waals surface area contributed by atoms with Crippen LogP contribution in [0.1, 0.15) is 11.4 Å². The van der Waals surface area contributed by atoms with Crippen LogP contribution in [0.15, 0.2) is 59.8 Å². The Balaban J connectivity index is 1.57. The van der Waals surface area contributed by atoms with E-state index in [1.807, 2.05) is 54.1 Å². The number of benzene rings is 2. The van der Waals surface area contributed by atoms with Crippen LogP contribution in [0.3, 0.4) is 0 Å². The van der Waals surface area contributed by atoms with Crippen LogP contribution in [0, 0.1) is 0 Å². The van der Waals surface area contributed by atoms with Gasteiger partial charge in [-0.2, -0.15) is 0 Å². The summed E-state index contributed by atoms with van der Waals surface area (Å²) in [6, 6.07) is 17.8. The highest BCUT2D eigenvalue weighted by Gasteiger charge is 2.10. The molecule has 1 aromatic heterocycles. The molecule has 6 heteroatoms. The summed E-state index contributed by atoms with van der Waals surface area (Å²) >= 11 is 1.66. The molecule has 0 N–H and O–H groups in total. The molecule has 3 aromatic rings. The van der Waals surface area contributed by atoms with Crippen molar-refractivity contribution in [1.82, 2.24) is 14.8 Å². The lowest BCUT2D eigenvalue weighted by Gasteiger charge is -2.07. The van der Waals surface area contributed by atoms with Gasteiger partial charge in [-0.15, -0.1) is 10.2 Å². The predicted octanol–water partition coefficient (Wildman–Crippen LogP) is 3.70. The van der Waals surface area contributed by atoms with E-state index in [9.17, 15) is 0 Å². The smallest absolute Gasteiger partial charge is 0.191 e. The van der Waals surface area contributed by atoms with Gasteiger partial charge < -0.3 is 14.0 Å². The lowest BCUT2D eigenvalue weighted by molar-refractivity contribution is 0.290. The first-order valence-electron chi connectivity index (χ1n) is 7.58. The van der Waals surface area contributed by atoms with Gasteiger partial charge in [0.05, 0.1) is 7.11 Å². The van der Waals surface area contributed by atoms with E-state index < -0.39 is 0 Å². The highest BCUT2D eigenvalue weighted by atomic mass is 32.2. The number of nitrogens with zero attached hydrogens (tertiary/aromatic N) is 3. The Kier molecular flexibility index (Phi) is 5.38. The summed E-state index contributed by atoms with van der Waals surface area (Å²) in [5, 5.41) is 9.35. The van der Waals surface area contributed by atoms with Crippen LogP contribution in [-0.2, 0) is 19.4 Å². The van der Waals surface area contributed by atoms with E-state index in [2.05, 4.69) is 22.3 Å². The minimum absolute atomic E-state index is 0.377. The number of hydrogen-bond acceptors (Lipinski definition) is 5. The fourth-order valence-corrected chi connectivity index (χ4v) is 3.02. The first-order valence-corrected chi connectivity index (χ1v) is 8.56. The maximum atomic E-state index is 5.76. The summed E-state index contributed by atoms with van der Waals surface area (Å²) in [6.07, 6.45) is 0. The Bertz CT molecular complexity index is 773. The molecular formula is C18H19N3O2S. The molecule has 0 unspecified atom stereocenters. The maximum absolute atomic E-state index is 5.76. The minimum Gasteiger partial charge on any atom is -0.497 e. The Labute approximate surface area is 145 Å². The molecule has 0 fully saturated rings. The van der Waals surface area contributed by atoms with Gasteiger partial charge in [-0.05, 0) is 29.8 Å². The third kappa shape index (κ3) is 4.08. The van der Waals surface area contributed by atoms with Crippen LogP contribution in [0.5, 0.6) is 11.5 Å². The molecule has 5 nitrogen and oxygen atoms in total. The fourth-order valence-electron chi connectivity index (χ4n) is 2.14. The second kappa shape index (κ2) is 7.88. The molecule has 24 heavy (non-hydrogen) atoms. The Morgan fingerprint density at radius 3 is 2.38 bits per heavy atom. The Morgan fingerprint density at radius 2 is 1.67 bits per heavy atom. The summed E-state index contributed by atoms with van der Waals surface area (Å²) in [4.78, 5) is 0. The molecule has 0 saturated heterocycles. The molecule has 0 aliphatic rings. The van der Waals surface area contributed by atoms with Gasteiger partial charge in [-0.1, -0.05) is 42.1 Å². The summed E-state index contributed by atoms with van der Waals surface area (Å²) in [5.74, 6) is 3.24. The fraction of sp³-hybridized carbons (Fsp3) is 0.222. The lowest BCUT2D eigenvalue weighted by Crippen LogP contribution is -2.04. The molecule has 0 radical (unpaired) electrons. The van der Waals surface area contributed by atoms with Crippen molar-refractivity contribution in [2.45, 2.75) is 17.5 Å². The average Bonchev–Trinajstić information content (AvgIpc) is 2.99. The largest absolute Gasteiger partial charge is 0.497 e. The van der Waals surface area contributed by atoms with Gasteiger partial charge in [0.2, 0.25) is 0 Å². The zero-order valence-corrected chi connectivity index (χ0v) is 14.5. The van der Waals surface area contributed by atoms with Gasteiger partial charge in [-0.3, -0.25) is 0 Å². The molecule has 3 rings (SSSR count). The second-order valence-electron chi connectivity index (χ2n) is 5.20. The molecule has 2 aromatic carbocycles. The van der Waals surface area contributed by atoms with Crippen LogP contribution in [0.25, 0.3) is 0 Å². The number of rotatable bonds is 7. The molecule has 124 valence electrons. The van der Waals surface area contributed by atoms with E-state index in [4.69, 9.17) is 9.47 Å². The third-order valence-corrected chi connectivity index (χ3v) is 4.65. The lowest BCUT2D eigenvalue weighted by atomic mass is 10.2. The maximum Gasteiger partial charge on any atom is 0.191 e. The van der Waals surface area contributed by atoms with Crippen molar-refractivity contribution >= 4 is 11.8 Å². The van der Waals surface area contributed by atoms with E-state index in [-0.39, 0.29) is 0 Å². The van der Waals surface area contributed by atoms with Crippen molar-refractivity contribution in [1.29, 1.82) is 0 Å². The van der Waals surface area contributed by atoms with Gasteiger partial charge in [0.15, 0.2) is 11.0 Å². The molecular weight excluding hydrogens is 322 g/mol. The number of thioether (sulfide) groups is 1. The van der Waals surface area contributed by atoms with E-state index in [1.165, 1.54) is 5.56 Å². The van der Waals surface area contributed by atoms with Gasteiger partial charge in [0.1, 0.15) is 18.1 Å². The quantitative estimate of drug-likeness (QED) is 0.613. The highest BCUT2D eigenvalue weighted by Crippen LogP contribution is 2.22. The zero-order chi connectivity index (χ0) is 16.8. The number of hydrogen-bond donors (Lipinski definition) is 0.